The number of nitrogens with one attached hydrogen (secondary N) is 1. The molecule has 2 atom stereocenters. The third-order valence-corrected chi connectivity index (χ3v) is 5.93. The molecule has 3 saturated heterocycles. The van der Waals surface area contributed by atoms with Gasteiger partial charge in [0, 0.05) is 12.2 Å². The lowest BCUT2D eigenvalue weighted by Gasteiger charge is -2.44. The number of piperidine rings is 3. The molecule has 0 radical (unpaired) electrons. The van der Waals surface area contributed by atoms with Gasteiger partial charge in [0.25, 0.3) is 0 Å². The zero-order valence-corrected chi connectivity index (χ0v) is 15.9. The van der Waals surface area contributed by atoms with Crippen LogP contribution in [-0.4, -0.2) is 36.6 Å². The van der Waals surface area contributed by atoms with Crippen molar-refractivity contribution in [1.29, 1.82) is 0 Å². The smallest absolute Gasteiger partial charge is 0.333 e. The van der Waals surface area contributed by atoms with E-state index in [1.165, 1.54) is 5.56 Å². The predicted molar refractivity (Wildman–Crippen MR) is 108 cm³/mol. The van der Waals surface area contributed by atoms with Crippen molar-refractivity contribution in [2.75, 3.05) is 25.0 Å². The maximum Gasteiger partial charge on any atom is 0.333 e. The quantitative estimate of drug-likeness (QED) is 0.786. The van der Waals surface area contributed by atoms with Crippen LogP contribution in [0.25, 0.3) is 0 Å². The third-order valence-electron chi connectivity index (χ3n) is 5.93. The third kappa shape index (κ3) is 4.01. The summed E-state index contributed by atoms with van der Waals surface area (Å²) in [6.45, 7) is 5.29. The van der Waals surface area contributed by atoms with Crippen molar-refractivity contribution in [2.45, 2.75) is 38.3 Å². The fraction of sp³-hybridized carbons (Fsp3) is 0.435. The van der Waals surface area contributed by atoms with Gasteiger partial charge in [0.2, 0.25) is 0 Å². The maximum atomic E-state index is 13.2. The van der Waals surface area contributed by atoms with Gasteiger partial charge >= 0.3 is 5.97 Å². The predicted octanol–water partition coefficient (Wildman–Crippen LogP) is 4.04. The number of fused-ring (bicyclic) bond motifs is 3. The molecular weight excluding hydrogens is 336 g/mol. The molecule has 3 aliphatic rings. The summed E-state index contributed by atoms with van der Waals surface area (Å²) in [6, 6.07) is 17.6. The molecular formula is C23H28N2O2. The highest BCUT2D eigenvalue weighted by atomic mass is 16.5. The van der Waals surface area contributed by atoms with Gasteiger partial charge in [0.05, 0.1) is 0 Å². The van der Waals surface area contributed by atoms with E-state index < -0.39 is 6.04 Å². The van der Waals surface area contributed by atoms with E-state index in [0.29, 0.717) is 5.92 Å². The summed E-state index contributed by atoms with van der Waals surface area (Å²) in [5.74, 6) is 0.337. The molecule has 142 valence electrons. The minimum absolute atomic E-state index is 0.0226. The number of para-hydroxylation sites is 1. The van der Waals surface area contributed by atoms with Crippen molar-refractivity contribution in [3.05, 3.63) is 65.7 Å². The van der Waals surface area contributed by atoms with Gasteiger partial charge in [0.1, 0.15) is 6.10 Å². The second-order valence-electron chi connectivity index (χ2n) is 7.61. The lowest BCUT2D eigenvalue weighted by atomic mass is 9.86. The van der Waals surface area contributed by atoms with E-state index in [9.17, 15) is 4.79 Å². The molecule has 2 unspecified atom stereocenters. The van der Waals surface area contributed by atoms with Crippen molar-refractivity contribution in [1.82, 2.24) is 4.90 Å². The number of aryl methyl sites for hydroxylation is 1. The summed E-state index contributed by atoms with van der Waals surface area (Å²) >= 11 is 0. The second kappa shape index (κ2) is 8.13. The van der Waals surface area contributed by atoms with Crippen LogP contribution >= 0.6 is 0 Å². The average molecular weight is 364 g/mol. The van der Waals surface area contributed by atoms with Gasteiger partial charge in [-0.25, -0.2) is 4.79 Å². The fourth-order valence-electron chi connectivity index (χ4n) is 4.31. The first-order valence-electron chi connectivity index (χ1n) is 10.1. The lowest BCUT2D eigenvalue weighted by molar-refractivity contribution is -0.159. The highest BCUT2D eigenvalue weighted by molar-refractivity contribution is 5.81. The summed E-state index contributed by atoms with van der Waals surface area (Å²) < 4.78 is 6.04. The Hall–Kier alpha value is -2.33. The number of ether oxygens (including phenoxy) is 1. The number of hydrogen-bond acceptors (Lipinski definition) is 4. The van der Waals surface area contributed by atoms with E-state index in [-0.39, 0.29) is 12.1 Å². The molecule has 5 rings (SSSR count). The largest absolute Gasteiger partial charge is 0.459 e. The maximum absolute atomic E-state index is 13.2. The fourth-order valence-corrected chi connectivity index (χ4v) is 4.31. The normalized spacial score (nSPS) is 25.0. The standard InChI is InChI=1S/C23H28N2O2/c1-2-17-8-6-7-11-20(17)24-22(19-9-4-3-5-10-19)23(26)27-21-16-25-14-12-18(21)13-15-25/h3-11,18,21-22,24H,2,12-16H2,1H3. The second-order valence-corrected chi connectivity index (χ2v) is 7.61. The molecule has 0 amide bonds. The van der Waals surface area contributed by atoms with E-state index >= 15 is 0 Å². The first-order chi connectivity index (χ1) is 13.2. The van der Waals surface area contributed by atoms with Gasteiger partial charge in [-0.3, -0.25) is 4.90 Å². The van der Waals surface area contributed by atoms with Crippen molar-refractivity contribution in [3.63, 3.8) is 0 Å². The zero-order valence-electron chi connectivity index (χ0n) is 15.9. The Morgan fingerprint density at radius 3 is 2.48 bits per heavy atom. The summed E-state index contributed by atoms with van der Waals surface area (Å²) in [7, 11) is 0. The number of hydrogen-bond donors (Lipinski definition) is 1. The van der Waals surface area contributed by atoms with Crippen LogP contribution in [0, 0.1) is 5.92 Å². The monoisotopic (exact) mass is 364 g/mol. The van der Waals surface area contributed by atoms with Crippen LogP contribution < -0.4 is 5.32 Å². The van der Waals surface area contributed by atoms with E-state index in [0.717, 1.165) is 50.1 Å². The number of esters is 1. The Morgan fingerprint density at radius 1 is 1.11 bits per heavy atom. The highest BCUT2D eigenvalue weighted by Gasteiger charge is 2.37. The van der Waals surface area contributed by atoms with E-state index in [1.54, 1.807) is 0 Å². The van der Waals surface area contributed by atoms with Crippen LogP contribution in [0.4, 0.5) is 5.69 Å². The summed E-state index contributed by atoms with van der Waals surface area (Å²) in [5, 5.41) is 3.46. The van der Waals surface area contributed by atoms with Crippen molar-refractivity contribution in [3.8, 4) is 0 Å². The number of anilines is 1. The lowest BCUT2D eigenvalue weighted by Crippen LogP contribution is -2.52. The van der Waals surface area contributed by atoms with Crippen LogP contribution in [-0.2, 0) is 16.0 Å². The summed E-state index contributed by atoms with van der Waals surface area (Å²) in [4.78, 5) is 15.6. The van der Waals surface area contributed by atoms with Gasteiger partial charge in [-0.15, -0.1) is 0 Å². The Morgan fingerprint density at radius 2 is 1.81 bits per heavy atom. The minimum atomic E-state index is -0.491. The first-order valence-corrected chi connectivity index (χ1v) is 10.1. The van der Waals surface area contributed by atoms with Gasteiger partial charge in [-0.2, -0.15) is 0 Å². The van der Waals surface area contributed by atoms with Crippen LogP contribution in [0.1, 0.15) is 36.9 Å². The molecule has 2 aromatic carbocycles. The number of carbonyl (C=O) groups excluding carboxylic acids is 1. The van der Waals surface area contributed by atoms with E-state index in [1.807, 2.05) is 48.5 Å². The number of benzene rings is 2. The topological polar surface area (TPSA) is 41.6 Å². The number of carbonyl (C=O) groups is 1. The van der Waals surface area contributed by atoms with E-state index in [2.05, 4.69) is 23.2 Å². The SMILES string of the molecule is CCc1ccccc1NC(C(=O)OC1CN2CCC1CC2)c1ccccc1. The van der Waals surface area contributed by atoms with Crippen molar-refractivity contribution >= 4 is 11.7 Å². The molecule has 3 aliphatic heterocycles. The Kier molecular flexibility index (Phi) is 5.44. The summed E-state index contributed by atoms with van der Waals surface area (Å²) in [5.41, 5.74) is 3.14. The number of nitrogens with zero attached hydrogens (tertiary/aromatic N) is 1. The summed E-state index contributed by atoms with van der Waals surface area (Å²) in [6.07, 6.45) is 3.22. The first kappa shape index (κ1) is 18.1. The molecule has 27 heavy (non-hydrogen) atoms. The zero-order chi connectivity index (χ0) is 18.6. The molecule has 3 heterocycles. The molecule has 3 fully saturated rings. The highest BCUT2D eigenvalue weighted by Crippen LogP contribution is 2.31. The van der Waals surface area contributed by atoms with Gasteiger partial charge in [-0.1, -0.05) is 55.5 Å². The number of rotatable bonds is 6. The molecule has 2 bridgehead atoms. The van der Waals surface area contributed by atoms with Crippen LogP contribution in [0.5, 0.6) is 0 Å². The Labute approximate surface area is 161 Å². The molecule has 0 saturated carbocycles. The molecule has 4 nitrogen and oxygen atoms in total. The Balaban J connectivity index is 1.55. The van der Waals surface area contributed by atoms with Gasteiger partial charge in [-0.05, 0) is 55.5 Å². The average Bonchev–Trinajstić information content (AvgIpc) is 2.73. The van der Waals surface area contributed by atoms with Crippen molar-refractivity contribution < 1.29 is 9.53 Å². The minimum Gasteiger partial charge on any atom is -0.459 e. The van der Waals surface area contributed by atoms with Gasteiger partial charge < -0.3 is 10.1 Å². The van der Waals surface area contributed by atoms with Gasteiger partial charge in [0.15, 0.2) is 6.04 Å². The molecule has 0 spiro atoms. The Bertz CT molecular complexity index is 769. The van der Waals surface area contributed by atoms with Crippen LogP contribution in [0.2, 0.25) is 0 Å². The molecule has 4 heteroatoms. The molecule has 1 N–H and O–H groups in total. The molecule has 2 aromatic rings. The molecule has 0 aromatic heterocycles. The van der Waals surface area contributed by atoms with E-state index in [4.69, 9.17) is 4.74 Å². The molecule has 0 aliphatic carbocycles. The van der Waals surface area contributed by atoms with Crippen LogP contribution in [0.3, 0.4) is 0 Å². The van der Waals surface area contributed by atoms with Crippen LogP contribution in [0.15, 0.2) is 54.6 Å². The van der Waals surface area contributed by atoms with Crippen molar-refractivity contribution in [2.24, 2.45) is 5.92 Å².